The molecule has 34 heavy (non-hydrogen) atoms. The predicted molar refractivity (Wildman–Crippen MR) is 125 cm³/mol. The predicted octanol–water partition coefficient (Wildman–Crippen LogP) is 4.88. The number of rotatable bonds is 7. The van der Waals surface area contributed by atoms with E-state index in [1.54, 1.807) is 48.8 Å². The molecule has 2 aromatic carbocycles. The molecule has 0 saturated carbocycles. The highest BCUT2D eigenvalue weighted by molar-refractivity contribution is 6.46. The monoisotopic (exact) mass is 460 g/mol. The molecule has 1 atom stereocenters. The number of ketones is 1. The second kappa shape index (κ2) is 9.87. The Kier molecular flexibility index (Phi) is 6.72. The van der Waals surface area contributed by atoms with Crippen molar-refractivity contribution in [3.8, 4) is 5.75 Å². The summed E-state index contributed by atoms with van der Waals surface area (Å²) in [4.78, 5) is 31.5. The van der Waals surface area contributed by atoms with E-state index in [0.29, 0.717) is 29.4 Å². The first-order valence-corrected chi connectivity index (χ1v) is 11.0. The van der Waals surface area contributed by atoms with Crippen molar-refractivity contribution in [3.05, 3.63) is 101 Å². The van der Waals surface area contributed by atoms with Crippen molar-refractivity contribution < 1.29 is 23.8 Å². The van der Waals surface area contributed by atoms with Gasteiger partial charge in [-0.2, -0.15) is 0 Å². The Balaban J connectivity index is 1.75. The SMILES string of the molecule is CC(C)COc1ccc(/C(O)=C2\C(=O)C(=O)N(Cc3ccncc3)C2c2ccc(F)cc2)cc1. The first-order valence-electron chi connectivity index (χ1n) is 11.0. The molecule has 2 heterocycles. The lowest BCUT2D eigenvalue weighted by atomic mass is 9.95. The Labute approximate surface area is 197 Å². The number of Topliss-reactive ketones (excluding diaryl/α,β-unsaturated/α-hetero) is 1. The lowest BCUT2D eigenvalue weighted by Gasteiger charge is -2.25. The smallest absolute Gasteiger partial charge is 0.295 e. The summed E-state index contributed by atoms with van der Waals surface area (Å²) in [6.45, 7) is 4.77. The molecule has 1 unspecified atom stereocenters. The number of ether oxygens (including phenoxy) is 1. The molecular weight excluding hydrogens is 435 g/mol. The van der Waals surface area contributed by atoms with Gasteiger partial charge in [0, 0.05) is 24.5 Å². The number of hydrogen-bond donors (Lipinski definition) is 1. The fourth-order valence-electron chi connectivity index (χ4n) is 3.85. The van der Waals surface area contributed by atoms with Crippen LogP contribution in [-0.2, 0) is 16.1 Å². The zero-order valence-corrected chi connectivity index (χ0v) is 18.9. The largest absolute Gasteiger partial charge is 0.507 e. The summed E-state index contributed by atoms with van der Waals surface area (Å²) in [5.74, 6) is -1.25. The molecule has 1 N–H and O–H groups in total. The molecule has 4 rings (SSSR count). The summed E-state index contributed by atoms with van der Waals surface area (Å²) in [5, 5.41) is 11.1. The van der Waals surface area contributed by atoms with E-state index in [4.69, 9.17) is 4.74 Å². The maximum atomic E-state index is 13.6. The number of nitrogens with zero attached hydrogens (tertiary/aromatic N) is 2. The van der Waals surface area contributed by atoms with Crippen molar-refractivity contribution in [2.75, 3.05) is 6.61 Å². The van der Waals surface area contributed by atoms with Crippen LogP contribution in [0.2, 0.25) is 0 Å². The van der Waals surface area contributed by atoms with Gasteiger partial charge >= 0.3 is 0 Å². The lowest BCUT2D eigenvalue weighted by Crippen LogP contribution is -2.29. The van der Waals surface area contributed by atoms with Crippen LogP contribution in [0.3, 0.4) is 0 Å². The highest BCUT2D eigenvalue weighted by atomic mass is 19.1. The summed E-state index contributed by atoms with van der Waals surface area (Å²) in [7, 11) is 0. The van der Waals surface area contributed by atoms with Crippen LogP contribution < -0.4 is 4.74 Å². The molecule has 1 saturated heterocycles. The van der Waals surface area contributed by atoms with Crippen LogP contribution in [-0.4, -0.2) is 33.3 Å². The Bertz CT molecular complexity index is 1210. The van der Waals surface area contributed by atoms with Crippen molar-refractivity contribution in [1.29, 1.82) is 0 Å². The van der Waals surface area contributed by atoms with E-state index in [1.165, 1.54) is 29.2 Å². The van der Waals surface area contributed by atoms with E-state index in [-0.39, 0.29) is 17.9 Å². The normalized spacial score (nSPS) is 17.4. The maximum Gasteiger partial charge on any atom is 0.295 e. The zero-order valence-electron chi connectivity index (χ0n) is 18.9. The third-order valence-corrected chi connectivity index (χ3v) is 5.54. The van der Waals surface area contributed by atoms with Crippen LogP contribution in [0.25, 0.3) is 5.76 Å². The van der Waals surface area contributed by atoms with Crippen LogP contribution in [0.1, 0.15) is 36.6 Å². The van der Waals surface area contributed by atoms with Gasteiger partial charge < -0.3 is 14.7 Å². The highest BCUT2D eigenvalue weighted by Crippen LogP contribution is 2.40. The van der Waals surface area contributed by atoms with Crippen LogP contribution in [0, 0.1) is 11.7 Å². The second-order valence-electron chi connectivity index (χ2n) is 8.56. The molecule has 0 spiro atoms. The minimum Gasteiger partial charge on any atom is -0.507 e. The van der Waals surface area contributed by atoms with Gasteiger partial charge in [-0.25, -0.2) is 4.39 Å². The highest BCUT2D eigenvalue weighted by Gasteiger charge is 2.46. The van der Waals surface area contributed by atoms with E-state index in [9.17, 15) is 19.1 Å². The van der Waals surface area contributed by atoms with E-state index in [2.05, 4.69) is 4.98 Å². The van der Waals surface area contributed by atoms with Gasteiger partial charge in [-0.15, -0.1) is 0 Å². The summed E-state index contributed by atoms with van der Waals surface area (Å²) >= 11 is 0. The van der Waals surface area contributed by atoms with E-state index in [1.807, 2.05) is 13.8 Å². The Morgan fingerprint density at radius 3 is 2.29 bits per heavy atom. The summed E-state index contributed by atoms with van der Waals surface area (Å²) in [6.07, 6.45) is 3.20. The molecule has 0 radical (unpaired) electrons. The van der Waals surface area contributed by atoms with Crippen LogP contribution in [0.5, 0.6) is 5.75 Å². The van der Waals surface area contributed by atoms with E-state index >= 15 is 0 Å². The Hall–Kier alpha value is -4.00. The number of halogens is 1. The Morgan fingerprint density at radius 2 is 1.68 bits per heavy atom. The zero-order chi connectivity index (χ0) is 24.2. The molecule has 0 bridgehead atoms. The number of likely N-dealkylation sites (tertiary alicyclic amines) is 1. The van der Waals surface area contributed by atoms with Crippen molar-refractivity contribution >= 4 is 17.4 Å². The molecule has 1 amide bonds. The fraction of sp³-hybridized carbons (Fsp3) is 0.222. The topological polar surface area (TPSA) is 79.7 Å². The molecule has 3 aromatic rings. The van der Waals surface area contributed by atoms with Gasteiger partial charge in [-0.05, 0) is 65.6 Å². The summed E-state index contributed by atoms with van der Waals surface area (Å²) in [5.41, 5.74) is 1.64. The molecule has 0 aliphatic carbocycles. The van der Waals surface area contributed by atoms with Gasteiger partial charge in [0.05, 0.1) is 18.2 Å². The number of aliphatic hydroxyl groups is 1. The summed E-state index contributed by atoms with van der Waals surface area (Å²) in [6, 6.07) is 14.9. The third-order valence-electron chi connectivity index (χ3n) is 5.54. The van der Waals surface area contributed by atoms with Gasteiger partial charge in [-0.1, -0.05) is 26.0 Å². The van der Waals surface area contributed by atoms with Gasteiger partial charge in [-0.3, -0.25) is 14.6 Å². The average Bonchev–Trinajstić information content (AvgIpc) is 3.08. The van der Waals surface area contributed by atoms with Crippen molar-refractivity contribution in [1.82, 2.24) is 9.88 Å². The fourth-order valence-corrected chi connectivity index (χ4v) is 3.85. The average molecular weight is 461 g/mol. The van der Waals surface area contributed by atoms with E-state index in [0.717, 1.165) is 5.56 Å². The Morgan fingerprint density at radius 1 is 1.03 bits per heavy atom. The van der Waals surface area contributed by atoms with Gasteiger partial charge in [0.1, 0.15) is 17.3 Å². The minimum atomic E-state index is -0.870. The van der Waals surface area contributed by atoms with Gasteiger partial charge in [0.25, 0.3) is 11.7 Å². The number of benzene rings is 2. The number of hydrogen-bond acceptors (Lipinski definition) is 5. The molecule has 1 aliphatic heterocycles. The van der Waals surface area contributed by atoms with Gasteiger partial charge in [0.15, 0.2) is 0 Å². The van der Waals surface area contributed by atoms with Crippen molar-refractivity contribution in [3.63, 3.8) is 0 Å². The first-order chi connectivity index (χ1) is 16.3. The lowest BCUT2D eigenvalue weighted by molar-refractivity contribution is -0.140. The quantitative estimate of drug-likeness (QED) is 0.309. The number of aliphatic hydroxyl groups excluding tert-OH is 1. The van der Waals surface area contributed by atoms with E-state index < -0.39 is 23.5 Å². The maximum absolute atomic E-state index is 13.6. The number of amides is 1. The van der Waals surface area contributed by atoms with Crippen LogP contribution >= 0.6 is 0 Å². The molecule has 174 valence electrons. The molecule has 6 nitrogen and oxygen atoms in total. The number of carbonyl (C=O) groups is 2. The number of pyridine rings is 1. The van der Waals surface area contributed by atoms with Crippen molar-refractivity contribution in [2.45, 2.75) is 26.4 Å². The molecule has 1 aromatic heterocycles. The second-order valence-corrected chi connectivity index (χ2v) is 8.56. The standard InChI is InChI=1S/C27H25FN2O4/c1-17(2)16-34-22-9-5-20(6-10-22)25(31)23-24(19-3-7-21(28)8-4-19)30(27(33)26(23)32)15-18-11-13-29-14-12-18/h3-14,17,24,31H,15-16H2,1-2H3/b25-23+. The third kappa shape index (κ3) is 4.83. The van der Waals surface area contributed by atoms with Crippen molar-refractivity contribution in [2.24, 2.45) is 5.92 Å². The number of carbonyl (C=O) groups excluding carboxylic acids is 2. The van der Waals surface area contributed by atoms with Crippen LogP contribution in [0.15, 0.2) is 78.6 Å². The van der Waals surface area contributed by atoms with Gasteiger partial charge in [0.2, 0.25) is 0 Å². The molecular formula is C27H25FN2O4. The molecule has 1 fully saturated rings. The van der Waals surface area contributed by atoms with Crippen LogP contribution in [0.4, 0.5) is 4.39 Å². The number of aromatic nitrogens is 1. The molecule has 1 aliphatic rings. The molecule has 7 heteroatoms. The summed E-state index contributed by atoms with van der Waals surface area (Å²) < 4.78 is 19.3. The first kappa shape index (κ1) is 23.2. The minimum absolute atomic E-state index is 0.0403.